The third-order valence-corrected chi connectivity index (χ3v) is 6.30. The summed E-state index contributed by atoms with van der Waals surface area (Å²) in [7, 11) is -1.58. The number of anilines is 1. The van der Waals surface area contributed by atoms with Gasteiger partial charge in [-0.15, -0.1) is 0 Å². The number of sulfonamides is 1. The van der Waals surface area contributed by atoms with Gasteiger partial charge in [-0.1, -0.05) is 39.3 Å². The second kappa shape index (κ2) is 10.2. The smallest absolute Gasteiger partial charge is 0.327 e. The molecule has 0 aliphatic heterocycles. The number of nitrogens with one attached hydrogen (secondary N) is 2. The molecule has 10 nitrogen and oxygen atoms in total. The van der Waals surface area contributed by atoms with Crippen molar-refractivity contribution in [1.82, 2.24) is 19.4 Å². The summed E-state index contributed by atoms with van der Waals surface area (Å²) < 4.78 is 28.5. The minimum absolute atomic E-state index is 0.0165. The highest BCUT2D eigenvalue weighted by atomic mass is 35.5. The van der Waals surface area contributed by atoms with Crippen molar-refractivity contribution in [3.63, 3.8) is 0 Å². The van der Waals surface area contributed by atoms with Crippen LogP contribution in [0.2, 0.25) is 5.02 Å². The van der Waals surface area contributed by atoms with Gasteiger partial charge in [0.2, 0.25) is 0 Å². The van der Waals surface area contributed by atoms with E-state index in [0.717, 1.165) is 26.8 Å². The zero-order valence-electron chi connectivity index (χ0n) is 19.3. The largest absolute Gasteiger partial charge is 0.333 e. The van der Waals surface area contributed by atoms with E-state index in [-0.39, 0.29) is 24.1 Å². The number of amides is 3. The molecule has 12 heteroatoms. The number of carbonyl (C=O) groups excluding carboxylic acids is 2. The van der Waals surface area contributed by atoms with Crippen LogP contribution < -0.4 is 10.0 Å². The van der Waals surface area contributed by atoms with E-state index in [1.54, 1.807) is 12.1 Å². The van der Waals surface area contributed by atoms with Gasteiger partial charge in [-0.3, -0.25) is 9.48 Å². The summed E-state index contributed by atoms with van der Waals surface area (Å²) in [5, 5.41) is 15.3. The van der Waals surface area contributed by atoms with Crippen molar-refractivity contribution in [2.75, 3.05) is 18.9 Å². The van der Waals surface area contributed by atoms with Crippen molar-refractivity contribution >= 4 is 39.2 Å². The summed E-state index contributed by atoms with van der Waals surface area (Å²) in [6.07, 6.45) is 0. The summed E-state index contributed by atoms with van der Waals surface area (Å²) >= 11 is 6.23. The third-order valence-electron chi connectivity index (χ3n) is 4.88. The van der Waals surface area contributed by atoms with E-state index in [1.807, 2.05) is 38.5 Å². The summed E-state index contributed by atoms with van der Waals surface area (Å²) in [5.74, 6) is -0.549. The van der Waals surface area contributed by atoms with Gasteiger partial charge < -0.3 is 10.2 Å². The predicted molar refractivity (Wildman–Crippen MR) is 125 cm³/mol. The van der Waals surface area contributed by atoms with Gasteiger partial charge in [0.1, 0.15) is 12.2 Å². The lowest BCUT2D eigenvalue weighted by atomic mass is 9.92. The monoisotopic (exact) mass is 494 g/mol. The van der Waals surface area contributed by atoms with E-state index >= 15 is 0 Å². The quantitative estimate of drug-likeness (QED) is 0.565. The van der Waals surface area contributed by atoms with Gasteiger partial charge >= 0.3 is 6.03 Å². The molecule has 3 amide bonds. The Morgan fingerprint density at radius 3 is 2.21 bits per heavy atom. The van der Waals surface area contributed by atoms with Crippen LogP contribution in [0.4, 0.5) is 10.5 Å². The highest BCUT2D eigenvalue weighted by Crippen LogP contribution is 2.35. The molecule has 0 radical (unpaired) electrons. The third kappa shape index (κ3) is 6.03. The van der Waals surface area contributed by atoms with E-state index < -0.39 is 27.0 Å². The number of halogens is 1. The molecule has 0 saturated heterocycles. The molecule has 178 valence electrons. The van der Waals surface area contributed by atoms with Crippen LogP contribution in [0.3, 0.4) is 0 Å². The highest BCUT2D eigenvalue weighted by Gasteiger charge is 2.27. The van der Waals surface area contributed by atoms with Crippen LogP contribution >= 0.6 is 11.6 Å². The minimum Gasteiger partial charge on any atom is -0.327 e. The molecule has 2 aromatic rings. The van der Waals surface area contributed by atoms with Crippen molar-refractivity contribution in [1.29, 1.82) is 5.26 Å². The standard InChI is InChI=1S/C21H27ClN6O4S/c1-12(2)15-9-14(22)10-16(13(3)4)19(15)24-21(30)26-33(31,32)18-11-17(28(6)25-18)20(29)27(5)8-7-23/h9-13H,8H2,1-6H3,(H2,24,26,30). The number of carbonyl (C=O) groups is 2. The number of benzene rings is 1. The van der Waals surface area contributed by atoms with Crippen molar-refractivity contribution in [2.45, 2.75) is 44.6 Å². The van der Waals surface area contributed by atoms with Crippen LogP contribution in [0.25, 0.3) is 0 Å². The fourth-order valence-corrected chi connectivity index (χ4v) is 4.30. The zero-order valence-corrected chi connectivity index (χ0v) is 20.9. The van der Waals surface area contributed by atoms with Crippen molar-refractivity contribution < 1.29 is 18.0 Å². The lowest BCUT2D eigenvalue weighted by Crippen LogP contribution is -2.35. The first kappa shape index (κ1) is 26.2. The number of urea groups is 1. The number of aryl methyl sites for hydroxylation is 1. The highest BCUT2D eigenvalue weighted by molar-refractivity contribution is 7.90. The van der Waals surface area contributed by atoms with Crippen molar-refractivity contribution in [3.8, 4) is 6.07 Å². The molecule has 0 spiro atoms. The van der Waals surface area contributed by atoms with Crippen LogP contribution in [-0.4, -0.2) is 48.6 Å². The van der Waals surface area contributed by atoms with Crippen LogP contribution in [0.1, 0.15) is 61.1 Å². The fourth-order valence-electron chi connectivity index (χ4n) is 3.16. The molecule has 0 unspecified atom stereocenters. The second-order valence-corrected chi connectivity index (χ2v) is 10.2. The Morgan fingerprint density at radius 2 is 1.73 bits per heavy atom. The first-order valence-electron chi connectivity index (χ1n) is 10.1. The maximum atomic E-state index is 12.8. The van der Waals surface area contributed by atoms with E-state index in [0.29, 0.717) is 10.7 Å². The molecule has 0 aliphatic rings. The summed E-state index contributed by atoms with van der Waals surface area (Å²) in [4.78, 5) is 26.2. The molecule has 0 fully saturated rings. The topological polar surface area (TPSA) is 137 Å². The Bertz CT molecular complexity index is 1180. The molecule has 0 saturated carbocycles. The van der Waals surface area contributed by atoms with Crippen LogP contribution in [0, 0.1) is 11.3 Å². The number of nitriles is 1. The average molecular weight is 495 g/mol. The van der Waals surface area contributed by atoms with Crippen LogP contribution in [-0.2, 0) is 17.1 Å². The Hall–Kier alpha value is -3.10. The van der Waals surface area contributed by atoms with Gasteiger partial charge in [0.05, 0.1) is 6.07 Å². The Morgan fingerprint density at radius 1 is 1.18 bits per heavy atom. The first-order valence-corrected chi connectivity index (χ1v) is 12.0. The van der Waals surface area contributed by atoms with Gasteiger partial charge in [0, 0.05) is 30.9 Å². The maximum Gasteiger partial charge on any atom is 0.333 e. The summed E-state index contributed by atoms with van der Waals surface area (Å²) in [6, 6.07) is 5.38. The zero-order chi connectivity index (χ0) is 25.1. The van der Waals surface area contributed by atoms with Gasteiger partial charge in [0.15, 0.2) is 5.03 Å². The maximum absolute atomic E-state index is 12.8. The molecular weight excluding hydrogens is 468 g/mol. The van der Waals surface area contributed by atoms with E-state index in [9.17, 15) is 18.0 Å². The van der Waals surface area contributed by atoms with Crippen molar-refractivity contribution in [3.05, 3.63) is 40.0 Å². The predicted octanol–water partition coefficient (Wildman–Crippen LogP) is 3.43. The number of aromatic nitrogens is 2. The molecule has 1 aromatic carbocycles. The number of hydrogen-bond acceptors (Lipinski definition) is 6. The number of hydrogen-bond donors (Lipinski definition) is 2. The van der Waals surface area contributed by atoms with Gasteiger partial charge in [-0.2, -0.15) is 18.8 Å². The van der Waals surface area contributed by atoms with Crippen molar-refractivity contribution in [2.24, 2.45) is 7.05 Å². The molecule has 2 N–H and O–H groups in total. The lowest BCUT2D eigenvalue weighted by Gasteiger charge is -2.21. The first-order chi connectivity index (χ1) is 15.3. The van der Waals surface area contributed by atoms with Crippen LogP contribution in [0.5, 0.6) is 0 Å². The fraction of sp³-hybridized carbons (Fsp3) is 0.429. The molecule has 0 atom stereocenters. The Balaban J connectivity index is 2.33. The normalized spacial score (nSPS) is 11.4. The van der Waals surface area contributed by atoms with Crippen LogP contribution in [0.15, 0.2) is 23.2 Å². The molecule has 0 aliphatic carbocycles. The number of nitrogens with zero attached hydrogens (tertiary/aromatic N) is 4. The van der Waals surface area contributed by atoms with Gasteiger partial charge in [-0.25, -0.2) is 9.52 Å². The summed E-state index contributed by atoms with van der Waals surface area (Å²) in [5.41, 5.74) is 1.98. The lowest BCUT2D eigenvalue weighted by molar-refractivity contribution is 0.0801. The van der Waals surface area contributed by atoms with E-state index in [4.69, 9.17) is 16.9 Å². The average Bonchev–Trinajstić information content (AvgIpc) is 3.10. The second-order valence-electron chi connectivity index (χ2n) is 8.14. The number of rotatable bonds is 7. The summed E-state index contributed by atoms with van der Waals surface area (Å²) in [6.45, 7) is 7.57. The molecule has 1 heterocycles. The van der Waals surface area contributed by atoms with E-state index in [1.165, 1.54) is 14.1 Å². The van der Waals surface area contributed by atoms with Gasteiger partial charge in [-0.05, 0) is 35.1 Å². The van der Waals surface area contributed by atoms with Gasteiger partial charge in [0.25, 0.3) is 15.9 Å². The Labute approximate surface area is 198 Å². The minimum atomic E-state index is -4.38. The molecule has 1 aromatic heterocycles. The molecular formula is C21H27ClN6O4S. The molecule has 2 rings (SSSR count). The van der Waals surface area contributed by atoms with E-state index in [2.05, 4.69) is 10.4 Å². The SMILES string of the molecule is CC(C)c1cc(Cl)cc(C(C)C)c1NC(=O)NS(=O)(=O)c1cc(C(=O)N(C)CC#N)n(C)n1. The molecule has 0 bridgehead atoms. The Kier molecular flexibility index (Phi) is 8.11. The molecule has 33 heavy (non-hydrogen) atoms.